The predicted octanol–water partition coefficient (Wildman–Crippen LogP) is 1.37. The maximum absolute atomic E-state index is 12.8. The summed E-state index contributed by atoms with van der Waals surface area (Å²) >= 11 is 0. The van der Waals surface area contributed by atoms with Crippen LogP contribution in [0.2, 0.25) is 0 Å². The van der Waals surface area contributed by atoms with Crippen LogP contribution in [0.5, 0.6) is 0 Å². The number of nitrogens with zero attached hydrogens (tertiary/aromatic N) is 1. The molecule has 70 valence electrons. The number of aromatic nitrogens is 1. The highest BCUT2D eigenvalue weighted by Crippen LogP contribution is 2.49. The summed E-state index contributed by atoms with van der Waals surface area (Å²) in [6.07, 6.45) is 0.424. The fourth-order valence-corrected chi connectivity index (χ4v) is 1.17. The quantitative estimate of drug-likeness (QED) is 0.755. The van der Waals surface area contributed by atoms with Gasteiger partial charge in [0.2, 0.25) is 5.89 Å². The molecule has 1 heterocycles. The summed E-state index contributed by atoms with van der Waals surface area (Å²) < 4.78 is 17.7. The van der Waals surface area contributed by atoms with Crippen molar-refractivity contribution in [2.75, 3.05) is 0 Å². The first-order valence-electron chi connectivity index (χ1n) is 3.87. The molecule has 0 aliphatic heterocycles. The zero-order valence-corrected chi connectivity index (χ0v) is 6.95. The summed E-state index contributed by atoms with van der Waals surface area (Å²) in [7, 11) is 0. The van der Waals surface area contributed by atoms with Gasteiger partial charge in [-0.15, -0.1) is 0 Å². The molecule has 1 saturated carbocycles. The van der Waals surface area contributed by atoms with E-state index in [1.807, 2.05) is 0 Å². The average Bonchev–Trinajstić information content (AvgIpc) is 2.55. The molecule has 2 unspecified atom stereocenters. The van der Waals surface area contributed by atoms with Gasteiger partial charge in [0.25, 0.3) is 0 Å². The van der Waals surface area contributed by atoms with Gasteiger partial charge >= 0.3 is 5.97 Å². The van der Waals surface area contributed by atoms with E-state index >= 15 is 0 Å². The van der Waals surface area contributed by atoms with Gasteiger partial charge in [-0.2, -0.15) is 0 Å². The van der Waals surface area contributed by atoms with Crippen molar-refractivity contribution >= 4 is 5.97 Å². The molecule has 5 heteroatoms. The number of halogens is 1. The first-order chi connectivity index (χ1) is 6.04. The zero-order chi connectivity index (χ0) is 9.64. The number of carboxylic acid groups (broad SMARTS) is 1. The fourth-order valence-electron chi connectivity index (χ4n) is 1.17. The lowest BCUT2D eigenvalue weighted by Crippen LogP contribution is -2.06. The molecular weight excluding hydrogens is 177 g/mol. The van der Waals surface area contributed by atoms with Gasteiger partial charge in [0, 0.05) is 0 Å². The molecule has 1 fully saturated rings. The van der Waals surface area contributed by atoms with E-state index in [-0.39, 0.29) is 11.6 Å². The van der Waals surface area contributed by atoms with Gasteiger partial charge in [0.15, 0.2) is 5.69 Å². The topological polar surface area (TPSA) is 63.3 Å². The van der Waals surface area contributed by atoms with E-state index in [1.54, 1.807) is 6.92 Å². The Hall–Kier alpha value is -1.39. The highest BCUT2D eigenvalue weighted by Gasteiger charge is 2.56. The number of oxazole rings is 1. The van der Waals surface area contributed by atoms with Crippen molar-refractivity contribution in [1.82, 2.24) is 4.98 Å². The molecule has 1 aliphatic rings. The molecule has 0 radical (unpaired) electrons. The first-order valence-corrected chi connectivity index (χ1v) is 3.87. The molecular formula is C8H8FNO3. The molecule has 4 nitrogen and oxygen atoms in total. The summed E-state index contributed by atoms with van der Waals surface area (Å²) in [6, 6.07) is 0. The Bertz CT molecular complexity index is 362. The minimum Gasteiger partial charge on any atom is -0.476 e. The van der Waals surface area contributed by atoms with Crippen molar-refractivity contribution in [2.45, 2.75) is 24.9 Å². The number of aromatic carboxylic acids is 1. The van der Waals surface area contributed by atoms with Crippen LogP contribution in [-0.2, 0) is 5.41 Å². The molecule has 1 N–H and O–H groups in total. The standard InChI is InChI=1S/C8H8FNO3/c1-8(2-5(8)9)7-10-4(3-13-7)6(11)12/h3,5H,2H2,1H3,(H,11,12). The van der Waals surface area contributed by atoms with Gasteiger partial charge in [-0.25, -0.2) is 14.2 Å². The molecule has 0 bridgehead atoms. The zero-order valence-electron chi connectivity index (χ0n) is 6.95. The largest absolute Gasteiger partial charge is 0.476 e. The van der Waals surface area contributed by atoms with E-state index < -0.39 is 17.6 Å². The number of hydrogen-bond donors (Lipinski definition) is 1. The van der Waals surface area contributed by atoms with Crippen LogP contribution < -0.4 is 0 Å². The van der Waals surface area contributed by atoms with Crippen molar-refractivity contribution in [3.8, 4) is 0 Å². The van der Waals surface area contributed by atoms with Gasteiger partial charge in [0.05, 0.1) is 5.41 Å². The summed E-state index contributed by atoms with van der Waals surface area (Å²) in [4.78, 5) is 14.1. The minimum atomic E-state index is -1.16. The van der Waals surface area contributed by atoms with E-state index in [4.69, 9.17) is 9.52 Å². The molecule has 0 saturated heterocycles. The first kappa shape index (κ1) is 8.22. The van der Waals surface area contributed by atoms with Crippen LogP contribution >= 0.6 is 0 Å². The van der Waals surface area contributed by atoms with Crippen molar-refractivity contribution in [3.05, 3.63) is 17.8 Å². The molecule has 2 rings (SSSR count). The average molecular weight is 185 g/mol. The highest BCUT2D eigenvalue weighted by molar-refractivity contribution is 5.84. The van der Waals surface area contributed by atoms with Gasteiger partial charge < -0.3 is 9.52 Å². The fraction of sp³-hybridized carbons (Fsp3) is 0.500. The van der Waals surface area contributed by atoms with Crippen LogP contribution in [0.15, 0.2) is 10.7 Å². The number of alkyl halides is 1. The normalized spacial score (nSPS) is 31.7. The van der Waals surface area contributed by atoms with Crippen molar-refractivity contribution < 1.29 is 18.7 Å². The number of carboxylic acids is 1. The molecule has 0 amide bonds. The number of rotatable bonds is 2. The third kappa shape index (κ3) is 1.11. The molecule has 0 aromatic carbocycles. The summed E-state index contributed by atoms with van der Waals surface area (Å²) in [6.45, 7) is 1.66. The second-order valence-corrected chi connectivity index (χ2v) is 3.43. The smallest absolute Gasteiger partial charge is 0.357 e. The van der Waals surface area contributed by atoms with Crippen LogP contribution in [0.25, 0.3) is 0 Å². The van der Waals surface area contributed by atoms with E-state index in [2.05, 4.69) is 4.98 Å². The monoisotopic (exact) mass is 185 g/mol. The van der Waals surface area contributed by atoms with Crippen LogP contribution in [-0.4, -0.2) is 22.2 Å². The molecule has 1 aliphatic carbocycles. The van der Waals surface area contributed by atoms with E-state index in [0.29, 0.717) is 6.42 Å². The second kappa shape index (κ2) is 2.31. The van der Waals surface area contributed by atoms with Crippen LogP contribution in [0.1, 0.15) is 29.7 Å². The highest BCUT2D eigenvalue weighted by atomic mass is 19.1. The summed E-state index contributed by atoms with van der Waals surface area (Å²) in [5.41, 5.74) is -0.872. The Morgan fingerprint density at radius 3 is 2.92 bits per heavy atom. The van der Waals surface area contributed by atoms with Crippen LogP contribution in [0.4, 0.5) is 4.39 Å². The lowest BCUT2D eigenvalue weighted by atomic mass is 10.1. The Labute approximate surface area is 73.4 Å². The summed E-state index contributed by atoms with van der Waals surface area (Å²) in [5, 5.41) is 8.53. The van der Waals surface area contributed by atoms with Gasteiger partial charge in [-0.1, -0.05) is 0 Å². The van der Waals surface area contributed by atoms with Crippen molar-refractivity contribution in [1.29, 1.82) is 0 Å². The van der Waals surface area contributed by atoms with Gasteiger partial charge in [-0.3, -0.25) is 0 Å². The van der Waals surface area contributed by atoms with E-state index in [9.17, 15) is 9.18 Å². The summed E-state index contributed by atoms with van der Waals surface area (Å²) in [5.74, 6) is -0.980. The molecule has 2 atom stereocenters. The second-order valence-electron chi connectivity index (χ2n) is 3.43. The molecule has 13 heavy (non-hydrogen) atoms. The van der Waals surface area contributed by atoms with Crippen molar-refractivity contribution in [3.63, 3.8) is 0 Å². The third-order valence-electron chi connectivity index (χ3n) is 2.35. The van der Waals surface area contributed by atoms with Gasteiger partial charge in [-0.05, 0) is 13.3 Å². The Balaban J connectivity index is 2.29. The SMILES string of the molecule is CC1(c2nc(C(=O)O)co2)CC1F. The number of carbonyl (C=O) groups is 1. The maximum atomic E-state index is 12.8. The van der Waals surface area contributed by atoms with Crippen LogP contribution in [0.3, 0.4) is 0 Å². The third-order valence-corrected chi connectivity index (χ3v) is 2.35. The lowest BCUT2D eigenvalue weighted by molar-refractivity contribution is 0.0690. The van der Waals surface area contributed by atoms with Crippen molar-refractivity contribution in [2.24, 2.45) is 0 Å². The molecule has 0 spiro atoms. The Morgan fingerprint density at radius 1 is 1.92 bits per heavy atom. The maximum Gasteiger partial charge on any atom is 0.357 e. The molecule has 1 aromatic heterocycles. The number of hydrogen-bond acceptors (Lipinski definition) is 3. The van der Waals surface area contributed by atoms with E-state index in [1.165, 1.54) is 0 Å². The molecule has 1 aromatic rings. The predicted molar refractivity (Wildman–Crippen MR) is 40.3 cm³/mol. The Kier molecular flexibility index (Phi) is 1.46. The van der Waals surface area contributed by atoms with E-state index in [0.717, 1.165) is 6.26 Å². The lowest BCUT2D eigenvalue weighted by Gasteiger charge is -1.99. The van der Waals surface area contributed by atoms with Crippen LogP contribution in [0, 0.1) is 0 Å². The Morgan fingerprint density at radius 2 is 2.54 bits per heavy atom. The van der Waals surface area contributed by atoms with Gasteiger partial charge in [0.1, 0.15) is 12.4 Å². The minimum absolute atomic E-state index is 0.171.